The van der Waals surface area contributed by atoms with E-state index in [9.17, 15) is 0 Å². The van der Waals surface area contributed by atoms with Crippen LogP contribution in [-0.2, 0) is 0 Å². The van der Waals surface area contributed by atoms with E-state index >= 15 is 0 Å². The Labute approximate surface area is 279 Å². The van der Waals surface area contributed by atoms with Crippen molar-refractivity contribution in [1.29, 1.82) is 0 Å². The summed E-state index contributed by atoms with van der Waals surface area (Å²) in [4.78, 5) is 2.30. The van der Waals surface area contributed by atoms with E-state index in [2.05, 4.69) is 181 Å². The third kappa shape index (κ3) is 5.01. The van der Waals surface area contributed by atoms with E-state index in [0.29, 0.717) is 0 Å². The Bertz CT molecular complexity index is 2530. The van der Waals surface area contributed by atoms with Crippen molar-refractivity contribution >= 4 is 49.8 Å². The molecule has 0 atom stereocenters. The summed E-state index contributed by atoms with van der Waals surface area (Å²) in [6.45, 7) is 0. The Morgan fingerprint density at radius 3 is 1.52 bits per heavy atom. The summed E-state index contributed by atoms with van der Waals surface area (Å²) in [6, 6.07) is 66.9. The molecule has 9 rings (SSSR count). The molecule has 0 aliphatic rings. The Kier molecular flexibility index (Phi) is 6.84. The first-order valence-corrected chi connectivity index (χ1v) is 16.3. The first-order chi connectivity index (χ1) is 23.8. The zero-order chi connectivity index (χ0) is 31.9. The van der Waals surface area contributed by atoms with Gasteiger partial charge in [-0.1, -0.05) is 146 Å². The van der Waals surface area contributed by atoms with Crippen LogP contribution in [0.4, 0.5) is 17.1 Å². The van der Waals surface area contributed by atoms with Crippen molar-refractivity contribution in [2.24, 2.45) is 0 Å². The van der Waals surface area contributed by atoms with Crippen molar-refractivity contribution in [2.75, 3.05) is 4.90 Å². The smallest absolute Gasteiger partial charge is 0.159 e. The maximum atomic E-state index is 6.54. The van der Waals surface area contributed by atoms with Gasteiger partial charge in [0.25, 0.3) is 0 Å². The fraction of sp³-hybridized carbons (Fsp3) is 0. The average Bonchev–Trinajstić information content (AvgIpc) is 3.55. The second-order valence-corrected chi connectivity index (χ2v) is 12.2. The van der Waals surface area contributed by atoms with Gasteiger partial charge in [-0.25, -0.2) is 0 Å². The summed E-state index contributed by atoms with van der Waals surface area (Å²) >= 11 is 0. The Morgan fingerprint density at radius 1 is 0.333 bits per heavy atom. The quantitative estimate of drug-likeness (QED) is 0.185. The van der Waals surface area contributed by atoms with Crippen LogP contribution in [0.15, 0.2) is 192 Å². The normalized spacial score (nSPS) is 11.3. The van der Waals surface area contributed by atoms with Gasteiger partial charge >= 0.3 is 0 Å². The number of nitrogens with zero attached hydrogens (tertiary/aromatic N) is 1. The van der Waals surface area contributed by atoms with Crippen molar-refractivity contribution in [3.8, 4) is 33.4 Å². The molecule has 1 aromatic heterocycles. The molecule has 0 aliphatic carbocycles. The van der Waals surface area contributed by atoms with Crippen LogP contribution >= 0.6 is 0 Å². The average molecular weight is 614 g/mol. The van der Waals surface area contributed by atoms with Crippen LogP contribution in [0.1, 0.15) is 0 Å². The van der Waals surface area contributed by atoms with E-state index in [1.165, 1.54) is 44.2 Å². The SMILES string of the molecule is c1ccc(-c2ccc(-c3ccc(N(c4ccc(-c5ccc6ccccc6c5)cc4)c4cccc5c4oc4ccccc45)cc3)cc2)cc1. The summed E-state index contributed by atoms with van der Waals surface area (Å²) in [5, 5.41) is 4.72. The highest BCUT2D eigenvalue weighted by molar-refractivity contribution is 6.10. The fourth-order valence-electron chi connectivity index (χ4n) is 6.80. The second kappa shape index (κ2) is 11.8. The van der Waals surface area contributed by atoms with E-state index in [1.807, 2.05) is 12.1 Å². The van der Waals surface area contributed by atoms with Crippen LogP contribution in [0.3, 0.4) is 0 Å². The largest absolute Gasteiger partial charge is 0.454 e. The number of benzene rings is 8. The number of rotatable bonds is 6. The van der Waals surface area contributed by atoms with Crippen LogP contribution < -0.4 is 4.90 Å². The summed E-state index contributed by atoms with van der Waals surface area (Å²) in [5.74, 6) is 0. The Hall–Kier alpha value is -6.38. The molecule has 8 aromatic carbocycles. The molecule has 226 valence electrons. The lowest BCUT2D eigenvalue weighted by Gasteiger charge is -2.26. The highest BCUT2D eigenvalue weighted by Crippen LogP contribution is 2.43. The van der Waals surface area contributed by atoms with Crippen molar-refractivity contribution in [3.63, 3.8) is 0 Å². The lowest BCUT2D eigenvalue weighted by Crippen LogP contribution is -2.10. The van der Waals surface area contributed by atoms with Gasteiger partial charge in [-0.3, -0.25) is 0 Å². The van der Waals surface area contributed by atoms with E-state index in [1.54, 1.807) is 0 Å². The minimum Gasteiger partial charge on any atom is -0.454 e. The van der Waals surface area contributed by atoms with Crippen molar-refractivity contribution < 1.29 is 4.42 Å². The molecule has 2 heteroatoms. The predicted octanol–water partition coefficient (Wildman–Crippen LogP) is 13.2. The topological polar surface area (TPSA) is 16.4 Å². The predicted molar refractivity (Wildman–Crippen MR) is 202 cm³/mol. The van der Waals surface area contributed by atoms with Gasteiger partial charge < -0.3 is 9.32 Å². The van der Waals surface area contributed by atoms with Crippen molar-refractivity contribution in [2.45, 2.75) is 0 Å². The van der Waals surface area contributed by atoms with Crippen LogP contribution in [0.2, 0.25) is 0 Å². The van der Waals surface area contributed by atoms with E-state index in [-0.39, 0.29) is 0 Å². The molecule has 0 N–H and O–H groups in total. The van der Waals surface area contributed by atoms with Gasteiger partial charge in [-0.2, -0.15) is 0 Å². The van der Waals surface area contributed by atoms with Gasteiger partial charge in [0.2, 0.25) is 0 Å². The van der Waals surface area contributed by atoms with Crippen LogP contribution in [0.25, 0.3) is 66.1 Å². The lowest BCUT2D eigenvalue weighted by molar-refractivity contribution is 0.669. The molecular weight excluding hydrogens is 583 g/mol. The molecule has 0 saturated heterocycles. The monoisotopic (exact) mass is 613 g/mol. The first kappa shape index (κ1) is 27.9. The molecule has 0 radical (unpaired) electrons. The van der Waals surface area contributed by atoms with E-state index in [4.69, 9.17) is 4.42 Å². The van der Waals surface area contributed by atoms with Gasteiger partial charge in [0.1, 0.15) is 5.58 Å². The Morgan fingerprint density at radius 2 is 0.833 bits per heavy atom. The van der Waals surface area contributed by atoms with Crippen LogP contribution in [-0.4, -0.2) is 0 Å². The standard InChI is InChI=1S/C46H31NO/c1-2-9-32(10-3-1)34-17-19-35(20-18-34)36-23-27-40(28-24-36)47(44-15-8-14-43-42-13-6-7-16-45(42)48-46(43)44)41-29-25-37(26-30-41)39-22-21-33-11-4-5-12-38(33)31-39/h1-31H. The van der Waals surface area contributed by atoms with Crippen molar-refractivity contribution in [1.82, 2.24) is 0 Å². The minimum atomic E-state index is 0.873. The maximum Gasteiger partial charge on any atom is 0.159 e. The van der Waals surface area contributed by atoms with Gasteiger partial charge in [0.05, 0.1) is 5.69 Å². The maximum absolute atomic E-state index is 6.54. The molecule has 48 heavy (non-hydrogen) atoms. The number of anilines is 3. The number of furan rings is 1. The lowest BCUT2D eigenvalue weighted by atomic mass is 9.99. The number of fused-ring (bicyclic) bond motifs is 4. The molecule has 0 fully saturated rings. The van der Waals surface area contributed by atoms with Gasteiger partial charge in [-0.15, -0.1) is 0 Å². The summed E-state index contributed by atoms with van der Waals surface area (Å²) in [7, 11) is 0. The van der Waals surface area contributed by atoms with Crippen LogP contribution in [0.5, 0.6) is 0 Å². The molecule has 2 nitrogen and oxygen atoms in total. The Balaban J connectivity index is 1.12. The fourth-order valence-corrected chi connectivity index (χ4v) is 6.80. The van der Waals surface area contributed by atoms with Gasteiger partial charge in [0, 0.05) is 22.1 Å². The van der Waals surface area contributed by atoms with Crippen LogP contribution in [0, 0.1) is 0 Å². The molecule has 0 unspecified atom stereocenters. The third-order valence-corrected chi connectivity index (χ3v) is 9.28. The van der Waals surface area contributed by atoms with Gasteiger partial charge in [0.15, 0.2) is 5.58 Å². The number of hydrogen-bond donors (Lipinski definition) is 0. The molecule has 9 aromatic rings. The van der Waals surface area contributed by atoms with E-state index in [0.717, 1.165) is 39.0 Å². The van der Waals surface area contributed by atoms with Crippen molar-refractivity contribution in [3.05, 3.63) is 188 Å². The molecule has 0 spiro atoms. The zero-order valence-electron chi connectivity index (χ0n) is 26.3. The molecular formula is C46H31NO. The molecule has 1 heterocycles. The summed E-state index contributed by atoms with van der Waals surface area (Å²) < 4.78 is 6.54. The number of para-hydroxylation sites is 2. The molecule has 0 amide bonds. The first-order valence-electron chi connectivity index (χ1n) is 16.3. The molecule has 0 bridgehead atoms. The molecule has 0 aliphatic heterocycles. The zero-order valence-corrected chi connectivity index (χ0v) is 26.3. The van der Waals surface area contributed by atoms with Gasteiger partial charge in [-0.05, 0) is 86.6 Å². The summed E-state index contributed by atoms with van der Waals surface area (Å²) in [5.41, 5.74) is 12.1. The highest BCUT2D eigenvalue weighted by Gasteiger charge is 2.19. The third-order valence-electron chi connectivity index (χ3n) is 9.28. The number of hydrogen-bond acceptors (Lipinski definition) is 2. The molecule has 0 saturated carbocycles. The minimum absolute atomic E-state index is 0.873. The second-order valence-electron chi connectivity index (χ2n) is 12.2. The van der Waals surface area contributed by atoms with E-state index < -0.39 is 0 Å². The summed E-state index contributed by atoms with van der Waals surface area (Å²) in [6.07, 6.45) is 0. The highest BCUT2D eigenvalue weighted by atomic mass is 16.3.